The predicted molar refractivity (Wildman–Crippen MR) is 60.3 cm³/mol. The third kappa shape index (κ3) is 1.65. The molecular formula is C12H14N2O. The number of hydrogen-bond acceptors (Lipinski definition) is 2. The monoisotopic (exact) mass is 202 g/mol. The highest BCUT2D eigenvalue weighted by Gasteiger charge is 2.12. The van der Waals surface area contributed by atoms with Gasteiger partial charge in [-0.15, -0.1) is 0 Å². The molecule has 0 aromatic carbocycles. The van der Waals surface area contributed by atoms with Crippen LogP contribution in [0.3, 0.4) is 0 Å². The normalized spacial score (nSPS) is 11.2. The molecule has 2 aliphatic rings. The van der Waals surface area contributed by atoms with Gasteiger partial charge in [0, 0.05) is 17.3 Å². The molecule has 0 aliphatic carbocycles. The van der Waals surface area contributed by atoms with E-state index in [1.54, 1.807) is 6.20 Å². The summed E-state index contributed by atoms with van der Waals surface area (Å²) in [5, 5.41) is 0. The molecule has 0 radical (unpaired) electrons. The van der Waals surface area contributed by atoms with Crippen LogP contribution in [0.1, 0.15) is 30.9 Å². The number of aromatic nitrogens is 2. The lowest BCUT2D eigenvalue weighted by Crippen LogP contribution is -2.16. The van der Waals surface area contributed by atoms with Crippen molar-refractivity contribution in [2.75, 3.05) is 0 Å². The minimum atomic E-state index is -0.126. The van der Waals surface area contributed by atoms with E-state index in [1.165, 1.54) is 0 Å². The predicted octanol–water partition coefficient (Wildman–Crippen LogP) is 2.31. The van der Waals surface area contributed by atoms with Crippen molar-refractivity contribution >= 4 is 0 Å². The Morgan fingerprint density at radius 2 is 2.13 bits per heavy atom. The zero-order valence-corrected chi connectivity index (χ0v) is 9.16. The zero-order valence-electron chi connectivity index (χ0n) is 9.16. The number of H-pyrrole nitrogens is 1. The molecule has 0 atom stereocenters. The fourth-order valence-corrected chi connectivity index (χ4v) is 1.67. The minimum Gasteiger partial charge on any atom is -0.346 e. The first kappa shape index (κ1) is 9.90. The van der Waals surface area contributed by atoms with Gasteiger partial charge in [-0.3, -0.25) is 4.79 Å². The first-order chi connectivity index (χ1) is 7.09. The quantitative estimate of drug-likeness (QED) is 0.771. The molecule has 0 aromatic heterocycles. The number of fused-ring (bicyclic) bond motifs is 1. The number of aromatic amines is 1. The van der Waals surface area contributed by atoms with Gasteiger partial charge in [0.05, 0.1) is 0 Å². The molecule has 0 bridgehead atoms. The summed E-state index contributed by atoms with van der Waals surface area (Å²) in [6, 6.07) is 3.93. The van der Waals surface area contributed by atoms with Crippen LogP contribution >= 0.6 is 0 Å². The van der Waals surface area contributed by atoms with E-state index in [-0.39, 0.29) is 11.5 Å². The Labute approximate surface area is 88.5 Å². The lowest BCUT2D eigenvalue weighted by molar-refractivity contribution is 0.841. The number of aryl methyl sites for hydroxylation is 1. The molecule has 15 heavy (non-hydrogen) atoms. The van der Waals surface area contributed by atoms with Gasteiger partial charge in [0.15, 0.2) is 0 Å². The first-order valence-corrected chi connectivity index (χ1v) is 5.08. The molecule has 2 aliphatic heterocycles. The summed E-state index contributed by atoms with van der Waals surface area (Å²) in [6.45, 7) is 6.03. The molecule has 0 aromatic rings. The molecule has 3 heteroatoms. The number of hydrogen-bond donors (Lipinski definition) is 1. The van der Waals surface area contributed by atoms with E-state index in [0.29, 0.717) is 5.82 Å². The topological polar surface area (TPSA) is 45.8 Å². The molecule has 78 valence electrons. The van der Waals surface area contributed by atoms with Gasteiger partial charge in [-0.1, -0.05) is 13.8 Å². The summed E-state index contributed by atoms with van der Waals surface area (Å²) < 4.78 is 0. The molecule has 2 heterocycles. The molecule has 0 saturated carbocycles. The van der Waals surface area contributed by atoms with Crippen LogP contribution in [0.15, 0.2) is 23.1 Å². The average molecular weight is 202 g/mol. The summed E-state index contributed by atoms with van der Waals surface area (Å²) in [4.78, 5) is 18.7. The maximum absolute atomic E-state index is 11.7. The van der Waals surface area contributed by atoms with E-state index in [0.717, 1.165) is 16.7 Å². The van der Waals surface area contributed by atoms with E-state index in [2.05, 4.69) is 9.97 Å². The van der Waals surface area contributed by atoms with Crippen molar-refractivity contribution < 1.29 is 0 Å². The van der Waals surface area contributed by atoms with Gasteiger partial charge in [0.25, 0.3) is 5.56 Å². The molecular weight excluding hydrogens is 188 g/mol. The fourth-order valence-electron chi connectivity index (χ4n) is 1.67. The van der Waals surface area contributed by atoms with Gasteiger partial charge < -0.3 is 4.98 Å². The van der Waals surface area contributed by atoms with Crippen molar-refractivity contribution in [3.8, 4) is 11.4 Å². The molecule has 0 fully saturated rings. The van der Waals surface area contributed by atoms with E-state index in [4.69, 9.17) is 0 Å². The van der Waals surface area contributed by atoms with Gasteiger partial charge in [-0.2, -0.15) is 4.98 Å². The van der Waals surface area contributed by atoms with Crippen LogP contribution in [0, 0.1) is 6.92 Å². The molecule has 1 N–H and O–H groups in total. The van der Waals surface area contributed by atoms with Crippen LogP contribution in [-0.2, 0) is 0 Å². The van der Waals surface area contributed by atoms with Crippen molar-refractivity contribution in [3.63, 3.8) is 0 Å². The van der Waals surface area contributed by atoms with Gasteiger partial charge in [-0.25, -0.2) is 0 Å². The van der Waals surface area contributed by atoms with Gasteiger partial charge in [0.2, 0.25) is 0 Å². The highest BCUT2D eigenvalue weighted by Crippen LogP contribution is 2.22. The van der Waals surface area contributed by atoms with Crippen LogP contribution in [0.5, 0.6) is 0 Å². The number of pyridine rings is 2. The lowest BCUT2D eigenvalue weighted by Gasteiger charge is -2.10. The lowest BCUT2D eigenvalue weighted by atomic mass is 10.00. The van der Waals surface area contributed by atoms with Gasteiger partial charge in [0.1, 0.15) is 5.82 Å². The Kier molecular flexibility index (Phi) is 2.31. The third-order valence-corrected chi connectivity index (χ3v) is 2.62. The van der Waals surface area contributed by atoms with Gasteiger partial charge in [-0.05, 0) is 30.5 Å². The standard InChI is InChI=1S/C12H14N2O/c1-7(2)9-6-10-8(3)4-5-13-11(10)14-12(9)15/h4-7H,1-3H3,(H,13,14,15). The maximum atomic E-state index is 11.7. The van der Waals surface area contributed by atoms with Crippen LogP contribution < -0.4 is 5.56 Å². The summed E-state index contributed by atoms with van der Waals surface area (Å²) in [5.41, 5.74) is 2.82. The summed E-state index contributed by atoms with van der Waals surface area (Å²) in [7, 11) is 0. The largest absolute Gasteiger partial charge is 0.346 e. The SMILES string of the molecule is Cc1cc[nH]c2nc(=O)c(C(C)C)cc1-2. The summed E-state index contributed by atoms with van der Waals surface area (Å²) in [6.07, 6.45) is 1.80. The van der Waals surface area contributed by atoms with E-state index >= 15 is 0 Å². The summed E-state index contributed by atoms with van der Waals surface area (Å²) >= 11 is 0. The van der Waals surface area contributed by atoms with Crippen molar-refractivity contribution in [3.05, 3.63) is 39.8 Å². The Bertz CT molecular complexity index is 514. The number of rotatable bonds is 1. The minimum absolute atomic E-state index is 0.126. The Hall–Kier alpha value is -1.64. The number of nitrogens with one attached hydrogen (secondary N) is 1. The molecule has 3 nitrogen and oxygen atoms in total. The van der Waals surface area contributed by atoms with E-state index in [9.17, 15) is 4.79 Å². The van der Waals surface area contributed by atoms with Crippen LogP contribution in [0.25, 0.3) is 11.4 Å². The van der Waals surface area contributed by atoms with Gasteiger partial charge >= 0.3 is 0 Å². The van der Waals surface area contributed by atoms with Crippen molar-refractivity contribution in [2.24, 2.45) is 0 Å². The Morgan fingerprint density at radius 1 is 1.40 bits per heavy atom. The molecule has 0 unspecified atom stereocenters. The van der Waals surface area contributed by atoms with Crippen molar-refractivity contribution in [1.82, 2.24) is 9.97 Å². The van der Waals surface area contributed by atoms with Crippen LogP contribution in [0.2, 0.25) is 0 Å². The number of nitrogens with zero attached hydrogens (tertiary/aromatic N) is 1. The fraction of sp³-hybridized carbons (Fsp3) is 0.333. The van der Waals surface area contributed by atoms with Crippen molar-refractivity contribution in [2.45, 2.75) is 26.7 Å². The highest BCUT2D eigenvalue weighted by molar-refractivity contribution is 5.61. The Balaban J connectivity index is 2.79. The highest BCUT2D eigenvalue weighted by atomic mass is 16.1. The maximum Gasteiger partial charge on any atom is 0.275 e. The second-order valence-electron chi connectivity index (χ2n) is 4.09. The molecule has 0 saturated heterocycles. The van der Waals surface area contributed by atoms with E-state index in [1.807, 2.05) is 32.9 Å². The molecule has 2 rings (SSSR count). The zero-order chi connectivity index (χ0) is 11.0. The Morgan fingerprint density at radius 3 is 2.80 bits per heavy atom. The first-order valence-electron chi connectivity index (χ1n) is 5.08. The van der Waals surface area contributed by atoms with E-state index < -0.39 is 0 Å². The second kappa shape index (κ2) is 3.50. The average Bonchev–Trinajstić information content (AvgIpc) is 2.16. The molecule has 0 spiro atoms. The smallest absolute Gasteiger partial charge is 0.275 e. The second-order valence-corrected chi connectivity index (χ2v) is 4.09. The summed E-state index contributed by atoms with van der Waals surface area (Å²) in [5.74, 6) is 0.887. The van der Waals surface area contributed by atoms with Crippen LogP contribution in [0.4, 0.5) is 0 Å². The van der Waals surface area contributed by atoms with Crippen molar-refractivity contribution in [1.29, 1.82) is 0 Å². The van der Waals surface area contributed by atoms with Crippen LogP contribution in [-0.4, -0.2) is 9.97 Å². The molecule has 0 amide bonds. The third-order valence-electron chi connectivity index (χ3n) is 2.62.